The van der Waals surface area contributed by atoms with Crippen LogP contribution in [0.4, 0.5) is 15.8 Å². The summed E-state index contributed by atoms with van der Waals surface area (Å²) in [5.41, 5.74) is 6.25. The lowest BCUT2D eigenvalue weighted by molar-refractivity contribution is 0.118. The molecule has 18 heavy (non-hydrogen) atoms. The fourth-order valence-corrected chi connectivity index (χ4v) is 1.46. The Bertz CT molecular complexity index is 383. The molecule has 4 nitrogen and oxygen atoms in total. The molecular formula is C13H21FN2O2. The third-order valence-corrected chi connectivity index (χ3v) is 2.33. The predicted octanol–water partition coefficient (Wildman–Crippen LogP) is 2.50. The molecular weight excluding hydrogens is 235 g/mol. The highest BCUT2D eigenvalue weighted by molar-refractivity contribution is 5.62. The Labute approximate surface area is 107 Å². The van der Waals surface area contributed by atoms with Gasteiger partial charge in [-0.15, -0.1) is 0 Å². The highest BCUT2D eigenvalue weighted by atomic mass is 19.1. The third-order valence-electron chi connectivity index (χ3n) is 2.33. The van der Waals surface area contributed by atoms with Gasteiger partial charge in [0.25, 0.3) is 0 Å². The van der Waals surface area contributed by atoms with Crippen molar-refractivity contribution in [1.29, 1.82) is 0 Å². The van der Waals surface area contributed by atoms with Crippen LogP contribution in [0.25, 0.3) is 0 Å². The van der Waals surface area contributed by atoms with Crippen LogP contribution in [-0.4, -0.2) is 26.9 Å². The summed E-state index contributed by atoms with van der Waals surface area (Å²) in [5, 5.41) is 2.95. The Morgan fingerprint density at radius 2 is 2.11 bits per heavy atom. The van der Waals surface area contributed by atoms with Crippen molar-refractivity contribution in [1.82, 2.24) is 0 Å². The van der Waals surface area contributed by atoms with Gasteiger partial charge in [-0.3, -0.25) is 0 Å². The zero-order valence-corrected chi connectivity index (χ0v) is 11.1. The molecule has 1 rings (SSSR count). The Morgan fingerprint density at radius 3 is 2.72 bits per heavy atom. The van der Waals surface area contributed by atoms with E-state index in [0.29, 0.717) is 37.1 Å². The number of hydrogen-bond donors (Lipinski definition) is 2. The first-order chi connectivity index (χ1) is 8.54. The van der Waals surface area contributed by atoms with Crippen LogP contribution in [-0.2, 0) is 4.74 Å². The van der Waals surface area contributed by atoms with E-state index in [-0.39, 0.29) is 5.69 Å². The Kier molecular flexibility index (Phi) is 5.71. The molecule has 0 bridgehead atoms. The Balaban J connectivity index is 2.47. The maximum Gasteiger partial charge on any atom is 0.148 e. The minimum atomic E-state index is -0.392. The van der Waals surface area contributed by atoms with Crippen LogP contribution in [0.1, 0.15) is 13.8 Å². The molecule has 0 atom stereocenters. The number of halogens is 1. The lowest BCUT2D eigenvalue weighted by atomic mass is 10.2. The summed E-state index contributed by atoms with van der Waals surface area (Å²) in [7, 11) is 1.50. The summed E-state index contributed by atoms with van der Waals surface area (Å²) < 4.78 is 24.0. The van der Waals surface area contributed by atoms with Crippen molar-refractivity contribution in [3.05, 3.63) is 17.9 Å². The van der Waals surface area contributed by atoms with Crippen molar-refractivity contribution < 1.29 is 13.9 Å². The second kappa shape index (κ2) is 7.06. The molecule has 5 heteroatoms. The van der Waals surface area contributed by atoms with E-state index in [9.17, 15) is 4.39 Å². The smallest absolute Gasteiger partial charge is 0.148 e. The maximum atomic E-state index is 13.6. The van der Waals surface area contributed by atoms with Gasteiger partial charge in [0.2, 0.25) is 0 Å². The molecule has 0 fully saturated rings. The Morgan fingerprint density at radius 1 is 1.39 bits per heavy atom. The van der Waals surface area contributed by atoms with Crippen LogP contribution in [0.3, 0.4) is 0 Å². The first-order valence-electron chi connectivity index (χ1n) is 5.99. The molecule has 0 unspecified atom stereocenters. The van der Waals surface area contributed by atoms with Gasteiger partial charge in [0.1, 0.15) is 11.6 Å². The molecule has 0 radical (unpaired) electrons. The number of methoxy groups -OCH3 is 1. The van der Waals surface area contributed by atoms with Gasteiger partial charge in [0, 0.05) is 25.3 Å². The summed E-state index contributed by atoms with van der Waals surface area (Å²) in [6, 6.07) is 2.79. The summed E-state index contributed by atoms with van der Waals surface area (Å²) in [6.45, 7) is 5.94. The van der Waals surface area contributed by atoms with Crippen LogP contribution in [0.5, 0.6) is 5.75 Å². The molecule has 0 saturated carbocycles. The molecule has 0 heterocycles. The first kappa shape index (κ1) is 14.6. The first-order valence-corrected chi connectivity index (χ1v) is 5.99. The van der Waals surface area contributed by atoms with E-state index in [1.54, 1.807) is 6.07 Å². The van der Waals surface area contributed by atoms with Gasteiger partial charge in [-0.2, -0.15) is 0 Å². The molecule has 102 valence electrons. The van der Waals surface area contributed by atoms with Crippen molar-refractivity contribution in [2.24, 2.45) is 5.92 Å². The molecule has 0 saturated heterocycles. The molecule has 1 aromatic rings. The topological polar surface area (TPSA) is 56.5 Å². The SMILES string of the molecule is COc1cc(NCCOCC(C)C)c(F)cc1N. The fraction of sp³-hybridized carbons (Fsp3) is 0.538. The molecule has 0 amide bonds. The van der Waals surface area contributed by atoms with Crippen LogP contribution in [0, 0.1) is 11.7 Å². The standard InChI is InChI=1S/C13H21FN2O2/c1-9(2)8-18-5-4-16-12-7-13(17-3)11(15)6-10(12)14/h6-7,9,16H,4-5,8,15H2,1-3H3. The minimum Gasteiger partial charge on any atom is -0.495 e. The van der Waals surface area contributed by atoms with Crippen molar-refractivity contribution in [3.63, 3.8) is 0 Å². The minimum absolute atomic E-state index is 0.289. The molecule has 3 N–H and O–H groups in total. The zero-order valence-electron chi connectivity index (χ0n) is 11.1. The van der Waals surface area contributed by atoms with Gasteiger partial charge in [0.05, 0.1) is 25.1 Å². The lowest BCUT2D eigenvalue weighted by Gasteiger charge is -2.12. The van der Waals surface area contributed by atoms with E-state index in [1.165, 1.54) is 13.2 Å². The normalized spacial score (nSPS) is 10.7. The van der Waals surface area contributed by atoms with Crippen molar-refractivity contribution >= 4 is 11.4 Å². The van der Waals surface area contributed by atoms with Crippen LogP contribution < -0.4 is 15.8 Å². The molecule has 0 spiro atoms. The van der Waals surface area contributed by atoms with E-state index in [1.807, 2.05) is 0 Å². The number of nitrogens with two attached hydrogens (primary N) is 1. The number of nitrogen functional groups attached to an aromatic ring is 1. The number of ether oxygens (including phenoxy) is 2. The number of anilines is 2. The van der Waals surface area contributed by atoms with Crippen molar-refractivity contribution in [2.75, 3.05) is 37.9 Å². The average molecular weight is 256 g/mol. The zero-order chi connectivity index (χ0) is 13.5. The second-order valence-corrected chi connectivity index (χ2v) is 4.47. The predicted molar refractivity (Wildman–Crippen MR) is 71.5 cm³/mol. The van der Waals surface area contributed by atoms with Gasteiger partial charge < -0.3 is 20.5 Å². The molecule has 0 aromatic heterocycles. The number of rotatable bonds is 7. The fourth-order valence-electron chi connectivity index (χ4n) is 1.46. The number of nitrogens with one attached hydrogen (secondary N) is 1. The van der Waals surface area contributed by atoms with Crippen molar-refractivity contribution in [2.45, 2.75) is 13.8 Å². The monoisotopic (exact) mass is 256 g/mol. The van der Waals surface area contributed by atoms with E-state index in [2.05, 4.69) is 19.2 Å². The van der Waals surface area contributed by atoms with Gasteiger partial charge in [0.15, 0.2) is 0 Å². The second-order valence-electron chi connectivity index (χ2n) is 4.47. The number of benzene rings is 1. The Hall–Kier alpha value is -1.49. The van der Waals surface area contributed by atoms with E-state index < -0.39 is 5.82 Å². The summed E-state index contributed by atoms with van der Waals surface area (Å²) in [4.78, 5) is 0. The van der Waals surface area contributed by atoms with Gasteiger partial charge in [-0.25, -0.2) is 4.39 Å². The van der Waals surface area contributed by atoms with Gasteiger partial charge >= 0.3 is 0 Å². The van der Waals surface area contributed by atoms with E-state index in [0.717, 1.165) is 0 Å². The quantitative estimate of drug-likeness (QED) is 0.581. The van der Waals surface area contributed by atoms with E-state index in [4.69, 9.17) is 15.2 Å². The molecule has 1 aromatic carbocycles. The lowest BCUT2D eigenvalue weighted by Crippen LogP contribution is -2.13. The largest absolute Gasteiger partial charge is 0.495 e. The van der Waals surface area contributed by atoms with Crippen LogP contribution in [0.15, 0.2) is 12.1 Å². The third kappa shape index (κ3) is 4.41. The van der Waals surface area contributed by atoms with Gasteiger partial charge in [-0.1, -0.05) is 13.8 Å². The summed E-state index contributed by atoms with van der Waals surface area (Å²) >= 11 is 0. The van der Waals surface area contributed by atoms with E-state index >= 15 is 0 Å². The molecule has 0 aliphatic heterocycles. The average Bonchev–Trinajstić information content (AvgIpc) is 2.30. The summed E-state index contributed by atoms with van der Waals surface area (Å²) in [5.74, 6) is 0.567. The highest BCUT2D eigenvalue weighted by Gasteiger charge is 2.07. The summed E-state index contributed by atoms with van der Waals surface area (Å²) in [6.07, 6.45) is 0. The maximum absolute atomic E-state index is 13.6. The molecule has 0 aliphatic carbocycles. The molecule has 0 aliphatic rings. The van der Waals surface area contributed by atoms with Crippen LogP contribution >= 0.6 is 0 Å². The van der Waals surface area contributed by atoms with Gasteiger partial charge in [-0.05, 0) is 5.92 Å². The number of hydrogen-bond acceptors (Lipinski definition) is 4. The van der Waals surface area contributed by atoms with Crippen LogP contribution in [0.2, 0.25) is 0 Å². The van der Waals surface area contributed by atoms with Crippen molar-refractivity contribution in [3.8, 4) is 5.75 Å². The highest BCUT2D eigenvalue weighted by Crippen LogP contribution is 2.27.